The van der Waals surface area contributed by atoms with Crippen LogP contribution in [0.3, 0.4) is 0 Å². The molecule has 0 spiro atoms. The second-order valence-corrected chi connectivity index (χ2v) is 11.6. The highest BCUT2D eigenvalue weighted by atomic mass is 16.3. The standard InChI is InChI=1S/C31H29N5O6/c1-36(2)25-24(39)21(28(33)42)26(40)30(15-32)27(41)22-23(38)20-18(13-29(22,34)14-31(25,30)35)17(11-12-19(20)37)10-6-9-16-7-4-3-5-8-16/h3-5,7-8,11-12,21-22,25,37H,9,13-14,34-35H2,1-2H3,(H2,33,42)/t21?,22?,25-,29-,30+,31-/m1/s1. The second kappa shape index (κ2) is 9.71. The molecule has 0 bridgehead atoms. The molecule has 3 aliphatic rings. The van der Waals surface area contributed by atoms with E-state index in [0.717, 1.165) is 5.56 Å². The number of carbonyl (C=O) groups excluding carboxylic acids is 5. The van der Waals surface area contributed by atoms with E-state index in [0.29, 0.717) is 17.5 Å². The number of carbonyl (C=O) groups is 5. The van der Waals surface area contributed by atoms with Crippen LogP contribution in [-0.2, 0) is 32.0 Å². The van der Waals surface area contributed by atoms with Crippen molar-refractivity contribution in [2.24, 2.45) is 34.5 Å². The maximum Gasteiger partial charge on any atom is 0.235 e. The molecule has 0 aromatic heterocycles. The summed E-state index contributed by atoms with van der Waals surface area (Å²) >= 11 is 0. The molecule has 2 aromatic carbocycles. The number of ketones is 4. The smallest absolute Gasteiger partial charge is 0.235 e. The van der Waals surface area contributed by atoms with Crippen molar-refractivity contribution in [3.63, 3.8) is 0 Å². The first-order valence-electron chi connectivity index (χ1n) is 13.2. The summed E-state index contributed by atoms with van der Waals surface area (Å²) in [5.74, 6) is -3.97. The predicted octanol–water partition coefficient (Wildman–Crippen LogP) is -0.597. The third-order valence-corrected chi connectivity index (χ3v) is 8.83. The lowest BCUT2D eigenvalue weighted by molar-refractivity contribution is -0.166. The summed E-state index contributed by atoms with van der Waals surface area (Å²) in [7, 11) is 2.90. The van der Waals surface area contributed by atoms with Crippen LogP contribution in [0.5, 0.6) is 5.75 Å². The summed E-state index contributed by atoms with van der Waals surface area (Å²) in [5.41, 5.74) is 13.8. The van der Waals surface area contributed by atoms with E-state index in [4.69, 9.17) is 17.2 Å². The summed E-state index contributed by atoms with van der Waals surface area (Å²) in [6.45, 7) is 0. The zero-order chi connectivity index (χ0) is 30.8. The number of aromatic hydroxyl groups is 1. The van der Waals surface area contributed by atoms with E-state index in [1.165, 1.54) is 25.1 Å². The van der Waals surface area contributed by atoms with Crippen molar-refractivity contribution in [3.05, 3.63) is 64.7 Å². The SMILES string of the molecule is CN(C)[C@@H]1C(=O)C(C(N)=O)C(=O)[C@@]2(C#N)C(=O)C3C(=O)c4c(O)ccc(C#CCc5ccccc5)c4C[C@@]3(N)C[C@@]12N. The minimum absolute atomic E-state index is 0.170. The molecule has 11 heteroatoms. The number of Topliss-reactive ketones (excluding diaryl/α,β-unsaturated/α-hetero) is 4. The van der Waals surface area contributed by atoms with Gasteiger partial charge < -0.3 is 22.3 Å². The van der Waals surface area contributed by atoms with Crippen LogP contribution in [0.25, 0.3) is 0 Å². The fourth-order valence-corrected chi connectivity index (χ4v) is 7.16. The van der Waals surface area contributed by atoms with Gasteiger partial charge in [0.25, 0.3) is 0 Å². The van der Waals surface area contributed by atoms with Crippen molar-refractivity contribution in [2.75, 3.05) is 14.1 Å². The Morgan fingerprint density at radius 1 is 1.07 bits per heavy atom. The van der Waals surface area contributed by atoms with Gasteiger partial charge in [-0.25, -0.2) is 0 Å². The van der Waals surface area contributed by atoms with Crippen LogP contribution in [0.15, 0.2) is 42.5 Å². The monoisotopic (exact) mass is 567 g/mol. The molecule has 0 heterocycles. The number of primary amides is 1. The van der Waals surface area contributed by atoms with Crippen LogP contribution >= 0.6 is 0 Å². The lowest BCUT2D eigenvalue weighted by Crippen LogP contribution is -2.85. The maximum absolute atomic E-state index is 14.3. The topological polar surface area (TPSA) is 211 Å². The van der Waals surface area contributed by atoms with Gasteiger partial charge in [-0.2, -0.15) is 5.26 Å². The Balaban J connectivity index is 1.68. The van der Waals surface area contributed by atoms with Gasteiger partial charge in [-0.3, -0.25) is 28.9 Å². The van der Waals surface area contributed by atoms with E-state index in [2.05, 4.69) is 11.8 Å². The Morgan fingerprint density at radius 2 is 1.74 bits per heavy atom. The molecule has 1 amide bonds. The largest absolute Gasteiger partial charge is 0.507 e. The number of nitrogens with two attached hydrogens (primary N) is 3. The molecule has 2 aromatic rings. The zero-order valence-electron chi connectivity index (χ0n) is 23.0. The minimum Gasteiger partial charge on any atom is -0.507 e. The Morgan fingerprint density at radius 3 is 2.33 bits per heavy atom. The van der Waals surface area contributed by atoms with Gasteiger partial charge in [0, 0.05) is 17.5 Å². The molecule has 214 valence electrons. The third kappa shape index (κ3) is 3.75. The van der Waals surface area contributed by atoms with Crippen molar-refractivity contribution in [1.82, 2.24) is 4.90 Å². The average molecular weight is 568 g/mol. The fraction of sp³-hybridized carbons (Fsp3) is 0.355. The highest BCUT2D eigenvalue weighted by Crippen LogP contribution is 2.56. The highest BCUT2D eigenvalue weighted by Gasteiger charge is 2.78. The lowest BCUT2D eigenvalue weighted by Gasteiger charge is -2.60. The number of likely N-dealkylation sites (N-methyl/N-ethyl adjacent to an activating group) is 1. The number of hydrogen-bond acceptors (Lipinski definition) is 10. The first-order chi connectivity index (χ1) is 19.7. The van der Waals surface area contributed by atoms with Crippen molar-refractivity contribution in [1.29, 1.82) is 5.26 Å². The van der Waals surface area contributed by atoms with Gasteiger partial charge in [-0.1, -0.05) is 42.2 Å². The van der Waals surface area contributed by atoms with Crippen LogP contribution in [0.4, 0.5) is 0 Å². The minimum atomic E-state index is -2.78. The van der Waals surface area contributed by atoms with Crippen molar-refractivity contribution in [2.45, 2.75) is 36.4 Å². The number of benzene rings is 2. The predicted molar refractivity (Wildman–Crippen MR) is 148 cm³/mol. The van der Waals surface area contributed by atoms with Crippen LogP contribution in [0.1, 0.15) is 33.5 Å². The first kappa shape index (κ1) is 28.8. The Kier molecular flexibility index (Phi) is 6.66. The van der Waals surface area contributed by atoms with Gasteiger partial charge in [0.05, 0.1) is 23.2 Å². The summed E-state index contributed by atoms with van der Waals surface area (Å²) in [6.07, 6.45) is -0.240. The van der Waals surface area contributed by atoms with E-state index in [1.54, 1.807) is 12.1 Å². The molecule has 7 N–H and O–H groups in total. The van der Waals surface area contributed by atoms with E-state index in [9.17, 15) is 34.3 Å². The number of phenols is 1. The molecule has 2 fully saturated rings. The van der Waals surface area contributed by atoms with Crippen LogP contribution in [-0.4, -0.2) is 70.3 Å². The normalized spacial score (nSPS) is 31.8. The third-order valence-electron chi connectivity index (χ3n) is 8.83. The average Bonchev–Trinajstić information content (AvgIpc) is 2.89. The van der Waals surface area contributed by atoms with Gasteiger partial charge in [0.2, 0.25) is 5.91 Å². The second-order valence-electron chi connectivity index (χ2n) is 11.6. The van der Waals surface area contributed by atoms with Gasteiger partial charge in [0.1, 0.15) is 11.7 Å². The first-order valence-corrected chi connectivity index (χ1v) is 13.2. The molecular formula is C31H29N5O6. The molecule has 3 aliphatic carbocycles. The molecule has 0 aliphatic heterocycles. The fourth-order valence-electron chi connectivity index (χ4n) is 7.16. The lowest BCUT2D eigenvalue weighted by atomic mass is 9.42. The van der Waals surface area contributed by atoms with Crippen LogP contribution in [0.2, 0.25) is 0 Å². The summed E-state index contributed by atoms with van der Waals surface area (Å²) in [6, 6.07) is 12.5. The van der Waals surface area contributed by atoms with Crippen molar-refractivity contribution < 1.29 is 29.1 Å². The van der Waals surface area contributed by atoms with Gasteiger partial charge >= 0.3 is 0 Å². The molecule has 11 nitrogen and oxygen atoms in total. The van der Waals surface area contributed by atoms with E-state index in [-0.39, 0.29) is 12.0 Å². The number of hydrogen-bond donors (Lipinski definition) is 4. The van der Waals surface area contributed by atoms with Crippen molar-refractivity contribution in [3.8, 4) is 23.7 Å². The number of amides is 1. The molecule has 0 saturated heterocycles. The van der Waals surface area contributed by atoms with Gasteiger partial charge in [0.15, 0.2) is 34.5 Å². The van der Waals surface area contributed by atoms with E-state index >= 15 is 0 Å². The van der Waals surface area contributed by atoms with Gasteiger partial charge in [-0.15, -0.1) is 0 Å². The molecule has 6 atom stereocenters. The molecule has 0 radical (unpaired) electrons. The maximum atomic E-state index is 14.3. The Labute approximate surface area is 241 Å². The number of fused-ring (bicyclic) bond motifs is 3. The van der Waals surface area contributed by atoms with Crippen LogP contribution < -0.4 is 17.2 Å². The van der Waals surface area contributed by atoms with Crippen LogP contribution in [0, 0.1) is 40.4 Å². The zero-order valence-corrected chi connectivity index (χ0v) is 23.0. The van der Waals surface area contributed by atoms with E-state index < -0.39 is 75.6 Å². The van der Waals surface area contributed by atoms with E-state index in [1.807, 2.05) is 30.3 Å². The number of phenolic OH excluding ortho intramolecular Hbond substituents is 1. The quantitative estimate of drug-likeness (QED) is 0.273. The molecule has 2 unspecified atom stereocenters. The summed E-state index contributed by atoms with van der Waals surface area (Å²) in [4.78, 5) is 69.2. The highest BCUT2D eigenvalue weighted by molar-refractivity contribution is 6.33. The Hall–Kier alpha value is -4.68. The van der Waals surface area contributed by atoms with Gasteiger partial charge in [-0.05, 0) is 50.2 Å². The van der Waals surface area contributed by atoms with Crippen molar-refractivity contribution >= 4 is 29.0 Å². The molecule has 42 heavy (non-hydrogen) atoms. The molecular weight excluding hydrogens is 538 g/mol. The summed E-state index contributed by atoms with van der Waals surface area (Å²) < 4.78 is 0. The molecule has 2 saturated carbocycles. The molecule has 5 rings (SSSR count). The Bertz CT molecular complexity index is 1680. The number of nitrogens with zero attached hydrogens (tertiary/aromatic N) is 2. The number of rotatable bonds is 3. The summed E-state index contributed by atoms with van der Waals surface area (Å²) in [5, 5.41) is 21.2. The number of nitriles is 1.